The summed E-state index contributed by atoms with van der Waals surface area (Å²) in [6, 6.07) is 9.66. The number of aromatic nitrogens is 2. The van der Waals surface area contributed by atoms with E-state index in [1.54, 1.807) is 18.2 Å². The van der Waals surface area contributed by atoms with Gasteiger partial charge < -0.3 is 10.1 Å². The second-order valence-electron chi connectivity index (χ2n) is 8.96. The molecule has 1 aliphatic rings. The lowest BCUT2D eigenvalue weighted by Crippen LogP contribution is -2.41. The van der Waals surface area contributed by atoms with Crippen LogP contribution in [0.5, 0.6) is 0 Å². The van der Waals surface area contributed by atoms with Gasteiger partial charge in [0.25, 0.3) is 0 Å². The second-order valence-corrected chi connectivity index (χ2v) is 9.76. The number of nitrogens with zero attached hydrogens (tertiary/aromatic N) is 2. The zero-order valence-corrected chi connectivity index (χ0v) is 20.1. The first-order valence-electron chi connectivity index (χ1n) is 11.0. The monoisotopic (exact) mass is 517 g/mol. The van der Waals surface area contributed by atoms with Gasteiger partial charge in [0.05, 0.1) is 18.2 Å². The number of hydrogen-bond acceptors (Lipinski definition) is 3. The Labute approximate surface area is 205 Å². The molecule has 184 valence electrons. The zero-order chi connectivity index (χ0) is 24.5. The Kier molecular flexibility index (Phi) is 7.43. The van der Waals surface area contributed by atoms with E-state index in [4.69, 9.17) is 27.9 Å². The lowest BCUT2D eigenvalue weighted by atomic mass is 9.75. The van der Waals surface area contributed by atoms with Gasteiger partial charge in [-0.05, 0) is 69.1 Å². The number of halogens is 6. The summed E-state index contributed by atoms with van der Waals surface area (Å²) in [5.41, 5.74) is 1.80. The van der Waals surface area contributed by atoms with E-state index in [2.05, 4.69) is 10.4 Å². The third-order valence-corrected chi connectivity index (χ3v) is 6.95. The lowest BCUT2D eigenvalue weighted by Gasteiger charge is -2.38. The van der Waals surface area contributed by atoms with Crippen LogP contribution < -0.4 is 5.32 Å². The minimum absolute atomic E-state index is 0.116. The topological polar surface area (TPSA) is 39.1 Å². The smallest absolute Gasteiger partial charge is 0.373 e. The fraction of sp³-hybridized carbons (Fsp3) is 0.458. The molecule has 1 aliphatic heterocycles. The third kappa shape index (κ3) is 5.85. The first-order valence-corrected chi connectivity index (χ1v) is 11.8. The largest absolute Gasteiger partial charge is 0.408 e. The molecule has 0 aliphatic carbocycles. The zero-order valence-electron chi connectivity index (χ0n) is 18.6. The number of ether oxygens (including phenoxy) is 1. The Hall–Kier alpha value is -1.87. The van der Waals surface area contributed by atoms with E-state index in [0.29, 0.717) is 28.1 Å². The summed E-state index contributed by atoms with van der Waals surface area (Å²) in [6.45, 7) is 2.66. The number of fused-ring (bicyclic) bond motifs is 1. The van der Waals surface area contributed by atoms with Crippen molar-refractivity contribution in [2.45, 2.75) is 45.0 Å². The van der Waals surface area contributed by atoms with Crippen LogP contribution in [0.15, 0.2) is 36.4 Å². The molecular formula is C24H25Cl2F4N3O. The van der Waals surface area contributed by atoms with Gasteiger partial charge in [-0.2, -0.15) is 18.3 Å². The summed E-state index contributed by atoms with van der Waals surface area (Å²) in [4.78, 5) is 0. The van der Waals surface area contributed by atoms with Gasteiger partial charge in [0, 0.05) is 21.4 Å². The van der Waals surface area contributed by atoms with Crippen molar-refractivity contribution >= 4 is 34.1 Å². The van der Waals surface area contributed by atoms with E-state index < -0.39 is 18.8 Å². The lowest BCUT2D eigenvalue weighted by molar-refractivity contribution is -0.142. The molecule has 0 unspecified atom stereocenters. The van der Waals surface area contributed by atoms with Crippen molar-refractivity contribution in [1.29, 1.82) is 0 Å². The fourth-order valence-corrected chi connectivity index (χ4v) is 5.00. The summed E-state index contributed by atoms with van der Waals surface area (Å²) < 4.78 is 59.3. The number of alkyl halides is 3. The first kappa shape index (κ1) is 25.2. The molecule has 10 heteroatoms. The van der Waals surface area contributed by atoms with E-state index >= 15 is 0 Å². The van der Waals surface area contributed by atoms with Crippen molar-refractivity contribution in [2.75, 3.05) is 19.7 Å². The summed E-state index contributed by atoms with van der Waals surface area (Å²) in [6.07, 6.45) is -2.44. The van der Waals surface area contributed by atoms with Crippen LogP contribution in [0.3, 0.4) is 0 Å². The van der Waals surface area contributed by atoms with Gasteiger partial charge in [0.15, 0.2) is 0 Å². The molecule has 1 atom stereocenters. The average molecular weight is 518 g/mol. The molecule has 2 aromatic carbocycles. The van der Waals surface area contributed by atoms with Gasteiger partial charge in [-0.15, -0.1) is 0 Å². The van der Waals surface area contributed by atoms with Gasteiger partial charge in [-0.1, -0.05) is 35.3 Å². The van der Waals surface area contributed by atoms with E-state index in [-0.39, 0.29) is 16.4 Å². The maximum Gasteiger partial charge on any atom is 0.408 e. The average Bonchev–Trinajstić information content (AvgIpc) is 3.08. The van der Waals surface area contributed by atoms with Crippen molar-refractivity contribution in [1.82, 2.24) is 15.1 Å². The van der Waals surface area contributed by atoms with Crippen LogP contribution in [0.1, 0.15) is 37.0 Å². The van der Waals surface area contributed by atoms with Crippen molar-refractivity contribution < 1.29 is 22.3 Å². The molecule has 1 N–H and O–H groups in total. The Morgan fingerprint density at radius 2 is 1.82 bits per heavy atom. The summed E-state index contributed by atoms with van der Waals surface area (Å²) >= 11 is 12.5. The predicted molar refractivity (Wildman–Crippen MR) is 125 cm³/mol. The number of hydrogen-bond donors (Lipinski definition) is 1. The molecule has 4 nitrogen and oxygen atoms in total. The summed E-state index contributed by atoms with van der Waals surface area (Å²) in [7, 11) is 0. The molecule has 0 amide bonds. The number of rotatable bonds is 7. The Bertz CT molecular complexity index is 1140. The van der Waals surface area contributed by atoms with Crippen LogP contribution in [0.2, 0.25) is 10.2 Å². The van der Waals surface area contributed by atoms with Gasteiger partial charge >= 0.3 is 6.18 Å². The molecule has 0 saturated carbocycles. The van der Waals surface area contributed by atoms with Gasteiger partial charge in [-0.3, -0.25) is 0 Å². The predicted octanol–water partition coefficient (Wildman–Crippen LogP) is 6.73. The Morgan fingerprint density at radius 3 is 2.47 bits per heavy atom. The van der Waals surface area contributed by atoms with E-state index in [0.717, 1.165) is 42.6 Å². The molecule has 4 rings (SSSR count). The molecule has 1 aromatic heterocycles. The van der Waals surface area contributed by atoms with Crippen molar-refractivity contribution in [3.05, 3.63) is 63.5 Å². The molecular weight excluding hydrogens is 493 g/mol. The van der Waals surface area contributed by atoms with Crippen molar-refractivity contribution in [3.63, 3.8) is 0 Å². The maximum atomic E-state index is 13.4. The molecule has 1 saturated heterocycles. The van der Waals surface area contributed by atoms with Crippen LogP contribution in [0, 0.1) is 11.2 Å². The second kappa shape index (κ2) is 10.0. The summed E-state index contributed by atoms with van der Waals surface area (Å²) in [5.74, 6) is -0.276. The molecule has 2 heterocycles. The van der Waals surface area contributed by atoms with Crippen LogP contribution in [-0.4, -0.2) is 35.7 Å². The quantitative estimate of drug-likeness (QED) is 0.353. The first-order chi connectivity index (χ1) is 16.1. The van der Waals surface area contributed by atoms with Crippen LogP contribution in [0.4, 0.5) is 17.6 Å². The van der Waals surface area contributed by atoms with Gasteiger partial charge in [0.1, 0.15) is 17.5 Å². The van der Waals surface area contributed by atoms with Crippen molar-refractivity contribution in [2.24, 2.45) is 5.41 Å². The minimum Gasteiger partial charge on any atom is -0.373 e. The highest BCUT2D eigenvalue weighted by atomic mass is 35.5. The maximum absolute atomic E-state index is 13.4. The SMILES string of the molecule is C[C@@H](OCC1(Cc2ccc(F)cc2)CCNCC1)c1cc(Cl)cc2c(Cl)n(CC(F)(F)F)nc12. The van der Waals surface area contributed by atoms with Gasteiger partial charge in [-0.25, -0.2) is 9.07 Å². The van der Waals surface area contributed by atoms with Gasteiger partial charge in [0.2, 0.25) is 0 Å². The van der Waals surface area contributed by atoms with E-state index in [1.807, 2.05) is 6.92 Å². The number of nitrogens with one attached hydrogen (secondary N) is 1. The highest BCUT2D eigenvalue weighted by Gasteiger charge is 2.34. The number of piperidine rings is 1. The molecule has 0 radical (unpaired) electrons. The standard InChI is InChI=1S/C24H25Cl2F4N3O/c1-15(19-10-17(25)11-20-21(19)32-33(22(20)26)13-24(28,29)30)34-14-23(6-8-31-9-7-23)12-16-2-4-18(27)5-3-16/h2-5,10-11,15,31H,6-9,12-14H2,1H3/t15-/m1/s1. The molecule has 0 spiro atoms. The molecule has 3 aromatic rings. The van der Waals surface area contributed by atoms with Crippen molar-refractivity contribution in [3.8, 4) is 0 Å². The highest BCUT2D eigenvalue weighted by molar-refractivity contribution is 6.36. The highest BCUT2D eigenvalue weighted by Crippen LogP contribution is 2.38. The minimum atomic E-state index is -4.46. The van der Waals surface area contributed by atoms with Crippen LogP contribution in [-0.2, 0) is 17.7 Å². The normalized spacial score (nSPS) is 17.3. The number of benzene rings is 2. The molecule has 0 bridgehead atoms. The van der Waals surface area contributed by atoms with Crippen LogP contribution in [0.25, 0.3) is 10.9 Å². The van der Waals surface area contributed by atoms with E-state index in [1.165, 1.54) is 18.2 Å². The third-order valence-electron chi connectivity index (χ3n) is 6.34. The molecule has 34 heavy (non-hydrogen) atoms. The van der Waals surface area contributed by atoms with Crippen LogP contribution >= 0.6 is 23.2 Å². The summed E-state index contributed by atoms with van der Waals surface area (Å²) in [5, 5.41) is 8.07. The van der Waals surface area contributed by atoms with E-state index in [9.17, 15) is 17.6 Å². The fourth-order valence-electron chi connectivity index (χ4n) is 4.53. The Morgan fingerprint density at radius 1 is 1.15 bits per heavy atom. The molecule has 1 fully saturated rings. The Balaban J connectivity index is 1.58.